The lowest BCUT2D eigenvalue weighted by Gasteiger charge is -2.02. The van der Waals surface area contributed by atoms with E-state index in [4.69, 9.17) is 5.73 Å². The van der Waals surface area contributed by atoms with Gasteiger partial charge in [0.25, 0.3) is 0 Å². The lowest BCUT2D eigenvalue weighted by molar-refractivity contribution is 0.936. The van der Waals surface area contributed by atoms with Crippen LogP contribution >= 0.6 is 12.6 Å². The molecule has 0 saturated carbocycles. The number of nitrogens with two attached hydrogens (primary N) is 1. The first kappa shape index (κ1) is 8.56. The molecule has 0 aliphatic heterocycles. The van der Waals surface area contributed by atoms with Gasteiger partial charge in [-0.3, -0.25) is 4.98 Å². The Balaban J connectivity index is 2.83. The molecular formula is C8H12N2S. The fraction of sp³-hybridized carbons (Fsp3) is 0.375. The van der Waals surface area contributed by atoms with Crippen LogP contribution in [0.3, 0.4) is 0 Å². The van der Waals surface area contributed by atoms with E-state index in [1.54, 1.807) is 6.20 Å². The molecule has 1 rings (SSSR count). The van der Waals surface area contributed by atoms with Crippen molar-refractivity contribution in [1.82, 2.24) is 4.98 Å². The lowest BCUT2D eigenvalue weighted by Crippen LogP contribution is -2.05. The molecule has 0 radical (unpaired) electrons. The summed E-state index contributed by atoms with van der Waals surface area (Å²) in [4.78, 5) is 4.18. The third-order valence-corrected chi connectivity index (χ3v) is 1.85. The van der Waals surface area contributed by atoms with Crippen LogP contribution < -0.4 is 5.73 Å². The monoisotopic (exact) mass is 168 g/mol. The molecule has 0 spiro atoms. The summed E-state index contributed by atoms with van der Waals surface area (Å²) >= 11 is 4.17. The molecule has 0 aliphatic rings. The second-order valence-electron chi connectivity index (χ2n) is 2.31. The quantitative estimate of drug-likeness (QED) is 0.661. The molecule has 0 bridgehead atoms. The van der Waals surface area contributed by atoms with E-state index >= 15 is 0 Å². The largest absolute Gasteiger partial charge is 0.330 e. The van der Waals surface area contributed by atoms with Gasteiger partial charge < -0.3 is 5.73 Å². The van der Waals surface area contributed by atoms with Crippen LogP contribution in [-0.4, -0.2) is 11.5 Å². The van der Waals surface area contributed by atoms with Gasteiger partial charge in [-0.25, -0.2) is 0 Å². The molecule has 0 aromatic carbocycles. The number of hydrogen-bond donors (Lipinski definition) is 2. The van der Waals surface area contributed by atoms with Crippen LogP contribution in [-0.2, 0) is 12.2 Å². The van der Waals surface area contributed by atoms with Gasteiger partial charge in [0, 0.05) is 11.9 Å². The van der Waals surface area contributed by atoms with E-state index in [1.807, 2.05) is 12.1 Å². The average Bonchev–Trinajstić information content (AvgIpc) is 2.06. The van der Waals surface area contributed by atoms with Crippen LogP contribution in [0.1, 0.15) is 11.3 Å². The Morgan fingerprint density at radius 2 is 2.36 bits per heavy atom. The van der Waals surface area contributed by atoms with Crippen molar-refractivity contribution in [2.45, 2.75) is 12.2 Å². The number of hydrogen-bond acceptors (Lipinski definition) is 3. The Kier molecular flexibility index (Phi) is 3.39. The zero-order valence-electron chi connectivity index (χ0n) is 6.33. The molecule has 0 fully saturated rings. The van der Waals surface area contributed by atoms with Crippen molar-refractivity contribution in [2.24, 2.45) is 5.73 Å². The summed E-state index contributed by atoms with van der Waals surface area (Å²) in [5.41, 5.74) is 7.69. The van der Waals surface area contributed by atoms with Crippen LogP contribution in [0.25, 0.3) is 0 Å². The normalized spacial score (nSPS) is 10.0. The predicted octanol–water partition coefficient (Wildman–Crippen LogP) is 1.01. The maximum absolute atomic E-state index is 5.43. The molecule has 1 aromatic heterocycles. The van der Waals surface area contributed by atoms with E-state index in [2.05, 4.69) is 17.6 Å². The third-order valence-electron chi connectivity index (χ3n) is 1.55. The Hall–Kier alpha value is -0.540. The third kappa shape index (κ3) is 2.20. The topological polar surface area (TPSA) is 38.9 Å². The molecule has 60 valence electrons. The van der Waals surface area contributed by atoms with Gasteiger partial charge in [-0.2, -0.15) is 12.6 Å². The molecule has 3 heteroatoms. The highest BCUT2D eigenvalue weighted by molar-refractivity contribution is 7.79. The van der Waals surface area contributed by atoms with Gasteiger partial charge in [0.1, 0.15) is 0 Å². The van der Waals surface area contributed by atoms with Crippen molar-refractivity contribution in [3.8, 4) is 0 Å². The minimum absolute atomic E-state index is 0.673. The summed E-state index contributed by atoms with van der Waals surface area (Å²) in [5.74, 6) is 0.691. The van der Waals surface area contributed by atoms with Gasteiger partial charge in [0.15, 0.2) is 0 Å². The number of nitrogens with zero attached hydrogens (tertiary/aromatic N) is 1. The van der Waals surface area contributed by atoms with Crippen LogP contribution in [0.15, 0.2) is 18.3 Å². The molecule has 0 saturated heterocycles. The second kappa shape index (κ2) is 4.36. The molecule has 0 unspecified atom stereocenters. The Labute approximate surface area is 72.2 Å². The summed E-state index contributed by atoms with van der Waals surface area (Å²) in [6.45, 7) is 0.673. The summed E-state index contributed by atoms with van der Waals surface area (Å²) < 4.78 is 0. The Bertz CT molecular complexity index is 225. The first-order valence-electron chi connectivity index (χ1n) is 3.62. The van der Waals surface area contributed by atoms with E-state index in [-0.39, 0.29) is 0 Å². The Morgan fingerprint density at radius 3 is 3.00 bits per heavy atom. The fourth-order valence-electron chi connectivity index (χ4n) is 0.997. The van der Waals surface area contributed by atoms with Crippen LogP contribution in [0.5, 0.6) is 0 Å². The van der Waals surface area contributed by atoms with Crippen LogP contribution in [0.4, 0.5) is 0 Å². The molecule has 2 N–H and O–H groups in total. The van der Waals surface area contributed by atoms with Gasteiger partial charge in [0.2, 0.25) is 0 Å². The number of rotatable bonds is 3. The van der Waals surface area contributed by atoms with Crippen LogP contribution in [0.2, 0.25) is 0 Å². The van der Waals surface area contributed by atoms with Gasteiger partial charge >= 0.3 is 0 Å². The summed E-state index contributed by atoms with van der Waals surface area (Å²) in [7, 11) is 0. The summed E-state index contributed by atoms with van der Waals surface area (Å²) in [5, 5.41) is 0. The molecule has 11 heavy (non-hydrogen) atoms. The molecule has 0 amide bonds. The lowest BCUT2D eigenvalue weighted by atomic mass is 10.1. The van der Waals surface area contributed by atoms with Crippen molar-refractivity contribution in [1.29, 1.82) is 0 Å². The molecule has 1 aromatic rings. The number of aromatic nitrogens is 1. The van der Waals surface area contributed by atoms with E-state index in [0.29, 0.717) is 12.3 Å². The smallest absolute Gasteiger partial charge is 0.0532 e. The fourth-order valence-corrected chi connectivity index (χ4v) is 1.28. The zero-order chi connectivity index (χ0) is 8.10. The van der Waals surface area contributed by atoms with Gasteiger partial charge in [0.05, 0.1) is 5.69 Å². The minimum Gasteiger partial charge on any atom is -0.330 e. The van der Waals surface area contributed by atoms with Crippen LogP contribution in [0, 0.1) is 0 Å². The molecule has 1 heterocycles. The highest BCUT2D eigenvalue weighted by Crippen LogP contribution is 2.07. The molecule has 2 nitrogen and oxygen atoms in total. The first-order valence-corrected chi connectivity index (χ1v) is 4.25. The van der Waals surface area contributed by atoms with Crippen molar-refractivity contribution < 1.29 is 0 Å². The number of pyridine rings is 1. The molecule has 0 aliphatic carbocycles. The Morgan fingerprint density at radius 1 is 1.55 bits per heavy atom. The van der Waals surface area contributed by atoms with E-state index < -0.39 is 0 Å². The number of thiol groups is 1. The van der Waals surface area contributed by atoms with Crippen molar-refractivity contribution >= 4 is 12.6 Å². The van der Waals surface area contributed by atoms with E-state index in [1.165, 1.54) is 5.56 Å². The summed E-state index contributed by atoms with van der Waals surface area (Å²) in [6.07, 6.45) is 2.68. The van der Waals surface area contributed by atoms with Gasteiger partial charge in [-0.05, 0) is 24.6 Å². The standard InChI is InChI=1S/C8H12N2S/c9-4-3-7-2-1-5-10-8(7)6-11/h1-2,5,11H,3-4,6,9H2. The van der Waals surface area contributed by atoms with Crippen molar-refractivity contribution in [3.05, 3.63) is 29.6 Å². The van der Waals surface area contributed by atoms with Crippen molar-refractivity contribution in [2.75, 3.05) is 6.54 Å². The van der Waals surface area contributed by atoms with E-state index in [9.17, 15) is 0 Å². The summed E-state index contributed by atoms with van der Waals surface area (Å²) in [6, 6.07) is 3.98. The maximum Gasteiger partial charge on any atom is 0.0532 e. The maximum atomic E-state index is 5.43. The second-order valence-corrected chi connectivity index (χ2v) is 2.62. The highest BCUT2D eigenvalue weighted by Gasteiger charge is 1.98. The first-order chi connectivity index (χ1) is 5.38. The SMILES string of the molecule is NCCc1cccnc1CS. The highest BCUT2D eigenvalue weighted by atomic mass is 32.1. The predicted molar refractivity (Wildman–Crippen MR) is 49.7 cm³/mol. The zero-order valence-corrected chi connectivity index (χ0v) is 7.22. The van der Waals surface area contributed by atoms with Crippen molar-refractivity contribution in [3.63, 3.8) is 0 Å². The molecule has 0 atom stereocenters. The van der Waals surface area contributed by atoms with E-state index in [0.717, 1.165) is 12.1 Å². The average molecular weight is 168 g/mol. The van der Waals surface area contributed by atoms with Gasteiger partial charge in [-0.1, -0.05) is 6.07 Å². The van der Waals surface area contributed by atoms with Gasteiger partial charge in [-0.15, -0.1) is 0 Å². The minimum atomic E-state index is 0.673. The molecular weight excluding hydrogens is 156 g/mol.